The summed E-state index contributed by atoms with van der Waals surface area (Å²) in [6.45, 7) is 0.484. The van der Waals surface area contributed by atoms with Crippen LogP contribution in [-0.4, -0.2) is 19.8 Å². The van der Waals surface area contributed by atoms with Crippen LogP contribution >= 0.6 is 11.3 Å². The van der Waals surface area contributed by atoms with E-state index in [1.807, 2.05) is 4.52 Å². The Balaban J connectivity index is 2.18. The van der Waals surface area contributed by atoms with Gasteiger partial charge < -0.3 is 5.73 Å². The predicted molar refractivity (Wildman–Crippen MR) is 48.5 cm³/mol. The number of nitrogens with two attached hydrogens (primary N) is 1. The van der Waals surface area contributed by atoms with Crippen LogP contribution in [-0.2, 0) is 6.54 Å². The SMILES string of the molecule is NCc1nn2c(C3CC3)nnc2s1. The Labute approximate surface area is 78.6 Å². The van der Waals surface area contributed by atoms with Gasteiger partial charge in [0.1, 0.15) is 5.01 Å². The van der Waals surface area contributed by atoms with E-state index >= 15 is 0 Å². The molecule has 2 N–H and O–H groups in total. The van der Waals surface area contributed by atoms with Gasteiger partial charge in [0.25, 0.3) is 0 Å². The molecule has 1 aliphatic rings. The fourth-order valence-electron chi connectivity index (χ4n) is 1.35. The summed E-state index contributed by atoms with van der Waals surface area (Å²) in [4.78, 5) is 0.863. The molecule has 0 bridgehead atoms. The van der Waals surface area contributed by atoms with Crippen molar-refractivity contribution in [1.29, 1.82) is 0 Å². The molecule has 2 heterocycles. The molecule has 68 valence electrons. The molecule has 2 aromatic rings. The minimum atomic E-state index is 0.484. The molecule has 3 rings (SSSR count). The maximum atomic E-state index is 5.50. The second kappa shape index (κ2) is 2.49. The van der Waals surface area contributed by atoms with Crippen molar-refractivity contribution in [2.75, 3.05) is 0 Å². The zero-order valence-electron chi connectivity index (χ0n) is 6.97. The summed E-state index contributed by atoms with van der Waals surface area (Å²) < 4.78 is 1.84. The van der Waals surface area contributed by atoms with Crippen molar-refractivity contribution in [2.45, 2.75) is 25.3 Å². The summed E-state index contributed by atoms with van der Waals surface area (Å²) in [6.07, 6.45) is 2.44. The second-order valence-corrected chi connectivity index (χ2v) is 4.27. The van der Waals surface area contributed by atoms with Gasteiger partial charge in [-0.15, -0.1) is 10.2 Å². The number of hydrogen-bond acceptors (Lipinski definition) is 5. The molecule has 1 saturated carbocycles. The Morgan fingerprint density at radius 2 is 2.31 bits per heavy atom. The second-order valence-electron chi connectivity index (χ2n) is 3.23. The van der Waals surface area contributed by atoms with E-state index in [2.05, 4.69) is 15.3 Å². The lowest BCUT2D eigenvalue weighted by Crippen LogP contribution is -1.98. The van der Waals surface area contributed by atoms with Crippen LogP contribution in [0.3, 0.4) is 0 Å². The highest BCUT2D eigenvalue weighted by molar-refractivity contribution is 7.16. The fraction of sp³-hybridized carbons (Fsp3) is 0.571. The van der Waals surface area contributed by atoms with Gasteiger partial charge in [-0.2, -0.15) is 9.61 Å². The first-order chi connectivity index (χ1) is 6.38. The van der Waals surface area contributed by atoms with Gasteiger partial charge in [0.05, 0.1) is 0 Å². The molecule has 13 heavy (non-hydrogen) atoms. The largest absolute Gasteiger partial charge is 0.324 e. The van der Waals surface area contributed by atoms with Crippen LogP contribution in [0, 0.1) is 0 Å². The molecule has 2 aromatic heterocycles. The minimum absolute atomic E-state index is 0.484. The third kappa shape index (κ3) is 1.06. The minimum Gasteiger partial charge on any atom is -0.324 e. The normalized spacial score (nSPS) is 17.0. The van der Waals surface area contributed by atoms with E-state index in [1.165, 1.54) is 24.2 Å². The molecule has 1 aliphatic carbocycles. The number of nitrogens with zero attached hydrogens (tertiary/aromatic N) is 4. The van der Waals surface area contributed by atoms with Gasteiger partial charge in [0.2, 0.25) is 4.96 Å². The molecule has 0 saturated heterocycles. The van der Waals surface area contributed by atoms with E-state index < -0.39 is 0 Å². The molecular formula is C7H9N5S. The lowest BCUT2D eigenvalue weighted by Gasteiger charge is -1.88. The first kappa shape index (κ1) is 7.40. The van der Waals surface area contributed by atoms with Gasteiger partial charge in [0, 0.05) is 12.5 Å². The summed E-state index contributed by atoms with van der Waals surface area (Å²) in [5.41, 5.74) is 5.50. The monoisotopic (exact) mass is 195 g/mol. The van der Waals surface area contributed by atoms with Crippen molar-refractivity contribution >= 4 is 16.3 Å². The number of hydrogen-bond donors (Lipinski definition) is 1. The summed E-state index contributed by atoms with van der Waals surface area (Å²) in [6, 6.07) is 0. The number of rotatable bonds is 2. The van der Waals surface area contributed by atoms with Crippen LogP contribution in [0.25, 0.3) is 4.96 Å². The zero-order valence-corrected chi connectivity index (χ0v) is 7.79. The molecule has 1 fully saturated rings. The van der Waals surface area contributed by atoms with Crippen LogP contribution in [0.4, 0.5) is 0 Å². The van der Waals surface area contributed by atoms with Crippen LogP contribution in [0.5, 0.6) is 0 Å². The first-order valence-electron chi connectivity index (χ1n) is 4.29. The highest BCUT2D eigenvalue weighted by atomic mass is 32.1. The molecule has 0 spiro atoms. The molecule has 0 radical (unpaired) electrons. The van der Waals surface area contributed by atoms with Crippen molar-refractivity contribution in [3.05, 3.63) is 10.8 Å². The molecule has 0 aromatic carbocycles. The molecule has 0 amide bonds. The average Bonchev–Trinajstić information content (AvgIpc) is 2.78. The number of fused-ring (bicyclic) bond motifs is 1. The summed E-state index contributed by atoms with van der Waals surface area (Å²) in [7, 11) is 0. The Morgan fingerprint density at radius 1 is 1.46 bits per heavy atom. The van der Waals surface area contributed by atoms with Gasteiger partial charge in [0.15, 0.2) is 5.82 Å². The van der Waals surface area contributed by atoms with Crippen molar-refractivity contribution in [2.24, 2.45) is 5.73 Å². The molecule has 0 unspecified atom stereocenters. The maximum absolute atomic E-state index is 5.50. The Kier molecular flexibility index (Phi) is 1.42. The topological polar surface area (TPSA) is 69.1 Å². The highest BCUT2D eigenvalue weighted by Gasteiger charge is 2.29. The standard InChI is InChI=1S/C7H9N5S/c8-3-5-11-12-6(4-1-2-4)9-10-7(12)13-5/h4H,1-3,8H2. The number of aromatic nitrogens is 4. The molecule has 0 atom stereocenters. The summed E-state index contributed by atoms with van der Waals surface area (Å²) in [5, 5.41) is 13.4. The summed E-state index contributed by atoms with van der Waals surface area (Å²) >= 11 is 1.52. The maximum Gasteiger partial charge on any atom is 0.234 e. The molecule has 5 nitrogen and oxygen atoms in total. The van der Waals surface area contributed by atoms with Crippen molar-refractivity contribution in [3.63, 3.8) is 0 Å². The third-order valence-corrected chi connectivity index (χ3v) is 3.10. The Bertz CT molecular complexity index is 441. The molecule has 6 heteroatoms. The van der Waals surface area contributed by atoms with E-state index in [1.54, 1.807) is 0 Å². The van der Waals surface area contributed by atoms with Gasteiger partial charge >= 0.3 is 0 Å². The van der Waals surface area contributed by atoms with Crippen LogP contribution in [0.1, 0.15) is 29.6 Å². The van der Waals surface area contributed by atoms with Gasteiger partial charge in [-0.05, 0) is 12.8 Å². The van der Waals surface area contributed by atoms with Crippen LogP contribution in [0.15, 0.2) is 0 Å². The third-order valence-electron chi connectivity index (χ3n) is 2.17. The Hall–Kier alpha value is -1.01. The van der Waals surface area contributed by atoms with Gasteiger partial charge in [-0.3, -0.25) is 0 Å². The summed E-state index contributed by atoms with van der Waals surface area (Å²) in [5.74, 6) is 1.59. The van der Waals surface area contributed by atoms with E-state index in [0.717, 1.165) is 15.8 Å². The van der Waals surface area contributed by atoms with Crippen molar-refractivity contribution in [1.82, 2.24) is 19.8 Å². The van der Waals surface area contributed by atoms with Crippen LogP contribution < -0.4 is 5.73 Å². The van der Waals surface area contributed by atoms with Gasteiger partial charge in [-0.25, -0.2) is 0 Å². The lowest BCUT2D eigenvalue weighted by molar-refractivity contribution is 0.802. The van der Waals surface area contributed by atoms with E-state index in [4.69, 9.17) is 5.73 Å². The first-order valence-corrected chi connectivity index (χ1v) is 5.11. The molecular weight excluding hydrogens is 186 g/mol. The van der Waals surface area contributed by atoms with Crippen molar-refractivity contribution in [3.8, 4) is 0 Å². The average molecular weight is 195 g/mol. The van der Waals surface area contributed by atoms with Crippen LogP contribution in [0.2, 0.25) is 0 Å². The van der Waals surface area contributed by atoms with Gasteiger partial charge in [-0.1, -0.05) is 11.3 Å². The lowest BCUT2D eigenvalue weighted by atomic mass is 10.4. The van der Waals surface area contributed by atoms with E-state index in [-0.39, 0.29) is 0 Å². The quantitative estimate of drug-likeness (QED) is 0.758. The highest BCUT2D eigenvalue weighted by Crippen LogP contribution is 2.39. The van der Waals surface area contributed by atoms with E-state index in [0.29, 0.717) is 12.5 Å². The molecule has 0 aliphatic heterocycles. The van der Waals surface area contributed by atoms with Crippen molar-refractivity contribution < 1.29 is 0 Å². The zero-order chi connectivity index (χ0) is 8.84. The fourth-order valence-corrected chi connectivity index (χ4v) is 2.07. The van der Waals surface area contributed by atoms with E-state index in [9.17, 15) is 0 Å². The smallest absolute Gasteiger partial charge is 0.234 e. The predicted octanol–water partition coefficient (Wildman–Crippen LogP) is 0.522. The Morgan fingerprint density at radius 3 is 3.00 bits per heavy atom.